The summed E-state index contributed by atoms with van der Waals surface area (Å²) in [7, 11) is 0. The molecule has 0 spiro atoms. The van der Waals surface area contributed by atoms with E-state index in [1.165, 1.54) is 0 Å². The monoisotopic (exact) mass is 198 g/mol. The van der Waals surface area contributed by atoms with Crippen LogP contribution in [-0.4, -0.2) is 25.2 Å². The highest BCUT2D eigenvalue weighted by Crippen LogP contribution is 1.83. The van der Waals surface area contributed by atoms with Gasteiger partial charge in [-0.1, -0.05) is 13.8 Å². The van der Waals surface area contributed by atoms with Gasteiger partial charge in [-0.2, -0.15) is 0 Å². The summed E-state index contributed by atoms with van der Waals surface area (Å²) in [5, 5.41) is 0. The summed E-state index contributed by atoms with van der Waals surface area (Å²) < 4.78 is 9.25. The van der Waals surface area contributed by atoms with Gasteiger partial charge in [0.25, 0.3) is 0 Å². The van der Waals surface area contributed by atoms with Gasteiger partial charge in [-0.25, -0.2) is 9.59 Å². The lowest BCUT2D eigenvalue weighted by atomic mass is 10.5. The molecule has 0 saturated carbocycles. The minimum Gasteiger partial charge on any atom is -0.456 e. The topological polar surface area (TPSA) is 52.6 Å². The third kappa shape index (κ3) is 7.17. The highest BCUT2D eigenvalue weighted by molar-refractivity contribution is 5.98. The molecule has 0 fully saturated rings. The van der Waals surface area contributed by atoms with Crippen molar-refractivity contribution in [2.24, 2.45) is 0 Å². The number of carbonyl (C=O) groups excluding carboxylic acids is 2. The van der Waals surface area contributed by atoms with Crippen LogP contribution in [0.15, 0.2) is 0 Å². The van der Waals surface area contributed by atoms with Crippen molar-refractivity contribution in [3.63, 3.8) is 0 Å². The third-order valence-corrected chi connectivity index (χ3v) is 1.14. The second-order valence-electron chi connectivity index (χ2n) is 2.52. The summed E-state index contributed by atoms with van der Waals surface area (Å²) in [5.41, 5.74) is 0. The predicted molar refractivity (Wildman–Crippen MR) is 50.3 cm³/mol. The van der Waals surface area contributed by atoms with E-state index in [0.29, 0.717) is 13.2 Å². The second-order valence-corrected chi connectivity index (χ2v) is 2.52. The zero-order chi connectivity index (χ0) is 10.8. The fourth-order valence-corrected chi connectivity index (χ4v) is 0.564. The number of hydrogen-bond donors (Lipinski definition) is 0. The molecule has 0 amide bonds. The first-order valence-electron chi connectivity index (χ1n) is 4.56. The maximum Gasteiger partial charge on any atom is 0.384 e. The molecule has 4 heteroatoms. The lowest BCUT2D eigenvalue weighted by molar-refractivity contribution is -0.138. The Bertz CT molecular complexity index is 223. The molecule has 0 N–H and O–H groups in total. The van der Waals surface area contributed by atoms with E-state index in [2.05, 4.69) is 9.47 Å². The third-order valence-electron chi connectivity index (χ3n) is 1.14. The molecule has 0 atom stereocenters. The molecule has 0 rings (SSSR count). The maximum atomic E-state index is 10.8. The van der Waals surface area contributed by atoms with Crippen molar-refractivity contribution < 1.29 is 19.1 Å². The van der Waals surface area contributed by atoms with Crippen molar-refractivity contribution in [3.8, 4) is 11.8 Å². The molecule has 0 aliphatic rings. The van der Waals surface area contributed by atoms with Crippen molar-refractivity contribution in [2.75, 3.05) is 13.2 Å². The first-order valence-corrected chi connectivity index (χ1v) is 4.56. The van der Waals surface area contributed by atoms with Crippen LogP contribution in [0.1, 0.15) is 26.7 Å². The quantitative estimate of drug-likeness (QED) is 0.382. The van der Waals surface area contributed by atoms with Gasteiger partial charge in [0.15, 0.2) is 0 Å². The molecule has 0 aromatic heterocycles. The van der Waals surface area contributed by atoms with E-state index in [1.807, 2.05) is 25.7 Å². The van der Waals surface area contributed by atoms with Gasteiger partial charge in [-0.3, -0.25) is 0 Å². The first-order chi connectivity index (χ1) is 6.70. The maximum absolute atomic E-state index is 10.8. The molecule has 0 saturated heterocycles. The van der Waals surface area contributed by atoms with E-state index >= 15 is 0 Å². The van der Waals surface area contributed by atoms with Crippen LogP contribution in [0.4, 0.5) is 0 Å². The van der Waals surface area contributed by atoms with Gasteiger partial charge in [0.05, 0.1) is 13.2 Å². The van der Waals surface area contributed by atoms with Crippen molar-refractivity contribution in [1.82, 2.24) is 0 Å². The van der Waals surface area contributed by atoms with Crippen molar-refractivity contribution >= 4 is 11.9 Å². The van der Waals surface area contributed by atoms with Gasteiger partial charge >= 0.3 is 11.9 Å². The lowest BCUT2D eigenvalue weighted by Crippen LogP contribution is -2.05. The largest absolute Gasteiger partial charge is 0.456 e. The predicted octanol–water partition coefficient (Wildman–Crippen LogP) is 0.896. The van der Waals surface area contributed by atoms with E-state index in [1.54, 1.807) is 0 Å². The normalized spacial score (nSPS) is 8.43. The molecule has 0 bridgehead atoms. The standard InChI is InChI=1S/C10H14O4/c1-3-7-13-9(11)5-6-10(12)14-8-4-2/h3-4,7-8H2,1-2H3. The molecular formula is C10H14O4. The van der Waals surface area contributed by atoms with E-state index in [4.69, 9.17) is 0 Å². The minimum atomic E-state index is -0.694. The molecule has 14 heavy (non-hydrogen) atoms. The fraction of sp³-hybridized carbons (Fsp3) is 0.600. The fourth-order valence-electron chi connectivity index (χ4n) is 0.564. The Morgan fingerprint density at radius 2 is 1.29 bits per heavy atom. The molecule has 0 aliphatic heterocycles. The van der Waals surface area contributed by atoms with E-state index < -0.39 is 11.9 Å². The molecule has 0 aromatic rings. The summed E-state index contributed by atoms with van der Waals surface area (Å²) in [5.74, 6) is 2.69. The average molecular weight is 198 g/mol. The molecule has 0 aliphatic carbocycles. The molecule has 0 radical (unpaired) electrons. The summed E-state index contributed by atoms with van der Waals surface area (Å²) in [6.45, 7) is 4.38. The van der Waals surface area contributed by atoms with Gasteiger partial charge in [0, 0.05) is 11.8 Å². The Morgan fingerprint density at radius 3 is 1.57 bits per heavy atom. The lowest BCUT2D eigenvalue weighted by Gasteiger charge is -1.95. The summed E-state index contributed by atoms with van der Waals surface area (Å²) >= 11 is 0. The van der Waals surface area contributed by atoms with E-state index in [0.717, 1.165) is 12.8 Å². The molecule has 0 heterocycles. The van der Waals surface area contributed by atoms with Gasteiger partial charge in [0.1, 0.15) is 0 Å². The number of ether oxygens (including phenoxy) is 2. The number of hydrogen-bond acceptors (Lipinski definition) is 4. The van der Waals surface area contributed by atoms with Crippen molar-refractivity contribution in [1.29, 1.82) is 0 Å². The van der Waals surface area contributed by atoms with Crippen LogP contribution in [0.2, 0.25) is 0 Å². The summed E-state index contributed by atoms with van der Waals surface area (Å²) in [6.07, 6.45) is 1.46. The molecule has 0 aromatic carbocycles. The molecular weight excluding hydrogens is 184 g/mol. The van der Waals surface area contributed by atoms with Crippen LogP contribution < -0.4 is 0 Å². The summed E-state index contributed by atoms with van der Waals surface area (Å²) in [6, 6.07) is 0. The SMILES string of the molecule is CCCOC(=O)C#CC(=O)OCCC. The van der Waals surface area contributed by atoms with Crippen molar-refractivity contribution in [3.05, 3.63) is 0 Å². The molecule has 4 nitrogen and oxygen atoms in total. The van der Waals surface area contributed by atoms with Gasteiger partial charge in [-0.05, 0) is 12.8 Å². The first kappa shape index (κ1) is 12.5. The van der Waals surface area contributed by atoms with Crippen LogP contribution in [0.25, 0.3) is 0 Å². The number of carbonyl (C=O) groups is 2. The number of rotatable bonds is 4. The van der Waals surface area contributed by atoms with Gasteiger partial charge < -0.3 is 9.47 Å². The van der Waals surface area contributed by atoms with Gasteiger partial charge in [0.2, 0.25) is 0 Å². The van der Waals surface area contributed by atoms with Crippen molar-refractivity contribution in [2.45, 2.75) is 26.7 Å². The smallest absolute Gasteiger partial charge is 0.384 e. The van der Waals surface area contributed by atoms with Crippen LogP contribution in [0.5, 0.6) is 0 Å². The second kappa shape index (κ2) is 8.11. The number of esters is 2. The van der Waals surface area contributed by atoms with Crippen LogP contribution in [-0.2, 0) is 19.1 Å². The van der Waals surface area contributed by atoms with E-state index in [9.17, 15) is 9.59 Å². The van der Waals surface area contributed by atoms with Crippen LogP contribution in [0, 0.1) is 11.8 Å². The average Bonchev–Trinajstić information content (AvgIpc) is 2.20. The Hall–Kier alpha value is -1.50. The zero-order valence-electron chi connectivity index (χ0n) is 8.46. The minimum absolute atomic E-state index is 0.317. The Balaban J connectivity index is 3.78. The Labute approximate surface area is 83.6 Å². The van der Waals surface area contributed by atoms with Gasteiger partial charge in [-0.15, -0.1) is 0 Å². The molecule has 0 unspecified atom stereocenters. The van der Waals surface area contributed by atoms with E-state index in [-0.39, 0.29) is 0 Å². The van der Waals surface area contributed by atoms with Crippen LogP contribution >= 0.6 is 0 Å². The highest BCUT2D eigenvalue weighted by Gasteiger charge is 1.98. The molecule has 78 valence electrons. The Morgan fingerprint density at radius 1 is 0.929 bits per heavy atom. The Kier molecular flexibility index (Phi) is 7.24. The summed E-state index contributed by atoms with van der Waals surface area (Å²) in [4.78, 5) is 21.6. The highest BCUT2D eigenvalue weighted by atomic mass is 16.5. The van der Waals surface area contributed by atoms with Crippen LogP contribution in [0.3, 0.4) is 0 Å². The zero-order valence-corrected chi connectivity index (χ0v) is 8.46.